The van der Waals surface area contributed by atoms with Crippen LogP contribution in [0.25, 0.3) is 11.4 Å². The highest BCUT2D eigenvalue weighted by Gasteiger charge is 2.21. The lowest BCUT2D eigenvalue weighted by Gasteiger charge is -2.12. The number of aromatic nitrogens is 3. The van der Waals surface area contributed by atoms with Crippen molar-refractivity contribution in [1.29, 1.82) is 0 Å². The molecule has 9 nitrogen and oxygen atoms in total. The van der Waals surface area contributed by atoms with Crippen molar-refractivity contribution in [2.75, 3.05) is 12.4 Å². The highest BCUT2D eigenvalue weighted by atomic mass is 32.2. The van der Waals surface area contributed by atoms with Gasteiger partial charge in [-0.05, 0) is 31.2 Å². The number of nitrogens with zero attached hydrogens (tertiary/aromatic N) is 4. The van der Waals surface area contributed by atoms with Crippen LogP contribution in [0.2, 0.25) is 0 Å². The van der Waals surface area contributed by atoms with Crippen LogP contribution in [-0.2, 0) is 11.8 Å². The summed E-state index contributed by atoms with van der Waals surface area (Å²) in [5.74, 6) is 1.07. The van der Waals surface area contributed by atoms with E-state index < -0.39 is 10.2 Å². The molecule has 0 aliphatic carbocycles. The molecular formula is C19H19N5O4S. The highest BCUT2D eigenvalue weighted by molar-refractivity contribution is 8.00. The second kappa shape index (κ2) is 8.74. The third-order valence-electron chi connectivity index (χ3n) is 4.18. The van der Waals surface area contributed by atoms with Gasteiger partial charge in [-0.25, -0.2) is 0 Å². The van der Waals surface area contributed by atoms with E-state index in [1.54, 1.807) is 18.6 Å². The normalized spacial score (nSPS) is 11.7. The van der Waals surface area contributed by atoms with E-state index in [4.69, 9.17) is 4.74 Å². The molecule has 3 rings (SSSR count). The Balaban J connectivity index is 1.70. The number of non-ortho nitro benzene ring substituents is 1. The molecular weight excluding hydrogens is 394 g/mol. The zero-order chi connectivity index (χ0) is 21.0. The zero-order valence-electron chi connectivity index (χ0n) is 16.0. The zero-order valence-corrected chi connectivity index (χ0v) is 16.8. The SMILES string of the molecule is COc1ccccc1-c1nnc(S[C@@H](C)C(=O)Nc2ccc([N+](=O)[O-])cc2)n1C. The van der Waals surface area contributed by atoms with E-state index in [-0.39, 0.29) is 11.6 Å². The van der Waals surface area contributed by atoms with Crippen LogP contribution in [0.1, 0.15) is 6.92 Å². The summed E-state index contributed by atoms with van der Waals surface area (Å²) in [5, 5.41) is 22.0. The van der Waals surface area contributed by atoms with Crippen LogP contribution in [-0.4, -0.2) is 38.0 Å². The maximum absolute atomic E-state index is 12.5. The van der Waals surface area contributed by atoms with Crippen LogP contribution in [0.5, 0.6) is 5.75 Å². The first-order valence-corrected chi connectivity index (χ1v) is 9.53. The van der Waals surface area contributed by atoms with Crippen molar-refractivity contribution in [3.63, 3.8) is 0 Å². The molecule has 0 saturated heterocycles. The Hall–Kier alpha value is -3.40. The Morgan fingerprint density at radius 3 is 2.55 bits per heavy atom. The molecule has 0 aliphatic rings. The maximum Gasteiger partial charge on any atom is 0.269 e. The molecule has 0 radical (unpaired) electrons. The van der Waals surface area contributed by atoms with Gasteiger partial charge in [0.1, 0.15) is 5.75 Å². The lowest BCUT2D eigenvalue weighted by molar-refractivity contribution is -0.384. The van der Waals surface area contributed by atoms with Gasteiger partial charge < -0.3 is 14.6 Å². The molecule has 29 heavy (non-hydrogen) atoms. The van der Waals surface area contributed by atoms with Crippen molar-refractivity contribution in [3.8, 4) is 17.1 Å². The second-order valence-electron chi connectivity index (χ2n) is 6.12. The predicted octanol–water partition coefficient (Wildman–Crippen LogP) is 3.52. The molecule has 1 N–H and O–H groups in total. The van der Waals surface area contributed by atoms with Gasteiger partial charge in [0.2, 0.25) is 5.91 Å². The lowest BCUT2D eigenvalue weighted by Crippen LogP contribution is -2.22. The minimum Gasteiger partial charge on any atom is -0.496 e. The molecule has 0 saturated carbocycles. The van der Waals surface area contributed by atoms with E-state index in [9.17, 15) is 14.9 Å². The fourth-order valence-corrected chi connectivity index (χ4v) is 3.42. The third kappa shape index (κ3) is 4.54. The van der Waals surface area contributed by atoms with Crippen LogP contribution >= 0.6 is 11.8 Å². The van der Waals surface area contributed by atoms with Crippen LogP contribution in [0.15, 0.2) is 53.7 Å². The maximum atomic E-state index is 12.5. The first kappa shape index (κ1) is 20.3. The lowest BCUT2D eigenvalue weighted by atomic mass is 10.2. The van der Waals surface area contributed by atoms with Crippen LogP contribution in [0.3, 0.4) is 0 Å². The number of ether oxygens (including phenoxy) is 1. The number of nitrogens with one attached hydrogen (secondary N) is 1. The van der Waals surface area contributed by atoms with Crippen molar-refractivity contribution < 1.29 is 14.5 Å². The summed E-state index contributed by atoms with van der Waals surface area (Å²) in [6.45, 7) is 1.75. The molecule has 0 spiro atoms. The highest BCUT2D eigenvalue weighted by Crippen LogP contribution is 2.31. The number of rotatable bonds is 7. The summed E-state index contributed by atoms with van der Waals surface area (Å²) in [6, 6.07) is 13.2. The number of amides is 1. The van der Waals surface area contributed by atoms with Gasteiger partial charge in [0.25, 0.3) is 5.69 Å². The number of nitro groups is 1. The van der Waals surface area contributed by atoms with E-state index >= 15 is 0 Å². The van der Waals surface area contributed by atoms with E-state index in [0.717, 1.165) is 5.56 Å². The summed E-state index contributed by atoms with van der Waals surface area (Å²) in [6.07, 6.45) is 0. The van der Waals surface area contributed by atoms with Crippen LogP contribution in [0.4, 0.5) is 11.4 Å². The van der Waals surface area contributed by atoms with Gasteiger partial charge >= 0.3 is 0 Å². The molecule has 2 aromatic carbocycles. The number of anilines is 1. The number of hydrogen-bond donors (Lipinski definition) is 1. The monoisotopic (exact) mass is 413 g/mol. The molecule has 1 heterocycles. The van der Waals surface area contributed by atoms with Crippen LogP contribution < -0.4 is 10.1 Å². The Bertz CT molecular complexity index is 1040. The van der Waals surface area contributed by atoms with Crippen molar-refractivity contribution in [3.05, 3.63) is 58.6 Å². The van der Waals surface area contributed by atoms with Crippen molar-refractivity contribution in [2.24, 2.45) is 7.05 Å². The van der Waals surface area contributed by atoms with Crippen molar-refractivity contribution in [1.82, 2.24) is 14.8 Å². The Labute approximate surface area is 171 Å². The molecule has 0 bridgehead atoms. The summed E-state index contributed by atoms with van der Waals surface area (Å²) in [7, 11) is 3.42. The van der Waals surface area contributed by atoms with E-state index in [1.165, 1.54) is 36.0 Å². The molecule has 3 aromatic rings. The Morgan fingerprint density at radius 1 is 1.21 bits per heavy atom. The second-order valence-corrected chi connectivity index (χ2v) is 7.43. The van der Waals surface area contributed by atoms with Gasteiger partial charge in [-0.2, -0.15) is 0 Å². The fourth-order valence-electron chi connectivity index (χ4n) is 2.60. The van der Waals surface area contributed by atoms with Gasteiger partial charge in [0, 0.05) is 24.9 Å². The number of methoxy groups -OCH3 is 1. The van der Waals surface area contributed by atoms with Gasteiger partial charge in [0.05, 0.1) is 22.8 Å². The van der Waals surface area contributed by atoms with Gasteiger partial charge in [-0.1, -0.05) is 23.9 Å². The predicted molar refractivity (Wildman–Crippen MR) is 110 cm³/mol. The number of carbonyl (C=O) groups excluding carboxylic acids is 1. The van der Waals surface area contributed by atoms with Gasteiger partial charge in [-0.3, -0.25) is 14.9 Å². The van der Waals surface area contributed by atoms with Gasteiger partial charge in [0.15, 0.2) is 11.0 Å². The minimum absolute atomic E-state index is 0.0339. The van der Waals surface area contributed by atoms with E-state index in [2.05, 4.69) is 15.5 Å². The fraction of sp³-hybridized carbons (Fsp3) is 0.211. The number of thioether (sulfide) groups is 1. The molecule has 0 aliphatic heterocycles. The average molecular weight is 413 g/mol. The number of carbonyl (C=O) groups is 1. The molecule has 0 fully saturated rings. The summed E-state index contributed by atoms with van der Waals surface area (Å²) < 4.78 is 7.18. The van der Waals surface area contributed by atoms with E-state index in [1.807, 2.05) is 31.3 Å². The molecule has 150 valence electrons. The first-order valence-electron chi connectivity index (χ1n) is 8.65. The van der Waals surface area contributed by atoms with Crippen molar-refractivity contribution in [2.45, 2.75) is 17.3 Å². The number of benzene rings is 2. The number of hydrogen-bond acceptors (Lipinski definition) is 7. The number of nitro benzene ring substituents is 1. The molecule has 0 unspecified atom stereocenters. The van der Waals surface area contributed by atoms with Crippen LogP contribution in [0, 0.1) is 10.1 Å². The summed E-state index contributed by atoms with van der Waals surface area (Å²) in [5.41, 5.74) is 1.26. The number of para-hydroxylation sites is 1. The molecule has 1 aromatic heterocycles. The third-order valence-corrected chi connectivity index (χ3v) is 5.31. The quantitative estimate of drug-likeness (QED) is 0.358. The standard InChI is InChI=1S/C19H19N5O4S/c1-12(18(25)20-13-8-10-14(11-9-13)24(26)27)29-19-22-21-17(23(19)2)15-6-4-5-7-16(15)28-3/h4-12H,1-3H3,(H,20,25)/t12-/m0/s1. The average Bonchev–Trinajstić information content (AvgIpc) is 3.08. The Morgan fingerprint density at radius 2 is 1.90 bits per heavy atom. The van der Waals surface area contributed by atoms with Crippen molar-refractivity contribution >= 4 is 29.0 Å². The smallest absolute Gasteiger partial charge is 0.269 e. The Kier molecular flexibility index (Phi) is 6.13. The summed E-state index contributed by atoms with van der Waals surface area (Å²) >= 11 is 1.26. The molecule has 1 amide bonds. The topological polar surface area (TPSA) is 112 Å². The molecule has 10 heteroatoms. The summed E-state index contributed by atoms with van der Waals surface area (Å²) in [4.78, 5) is 22.7. The van der Waals surface area contributed by atoms with Gasteiger partial charge in [-0.15, -0.1) is 10.2 Å². The largest absolute Gasteiger partial charge is 0.496 e. The minimum atomic E-state index is -0.489. The first-order chi connectivity index (χ1) is 13.9. The van der Waals surface area contributed by atoms with E-state index in [0.29, 0.717) is 22.4 Å². The molecule has 1 atom stereocenters.